The van der Waals surface area contributed by atoms with E-state index in [2.05, 4.69) is 32.2 Å². The van der Waals surface area contributed by atoms with Crippen molar-refractivity contribution < 1.29 is 10.1 Å². The van der Waals surface area contributed by atoms with Crippen LogP contribution >= 0.6 is 11.6 Å². The fourth-order valence-corrected chi connectivity index (χ4v) is 2.77. The molecule has 2 aromatic rings. The molecule has 1 amide bonds. The largest absolute Gasteiger partial charge is 0.333 e. The summed E-state index contributed by atoms with van der Waals surface area (Å²) in [5.41, 5.74) is 3.27. The Morgan fingerprint density at radius 1 is 1.12 bits per heavy atom. The summed E-state index contributed by atoms with van der Waals surface area (Å²) in [6.07, 6.45) is 1.05. The Morgan fingerprint density at radius 3 is 2.46 bits per heavy atom. The average molecular weight is 346 g/mol. The normalized spacial score (nSPS) is 13.3. The Morgan fingerprint density at radius 2 is 1.79 bits per heavy atom. The van der Waals surface area contributed by atoms with Crippen molar-refractivity contribution in [1.29, 1.82) is 0 Å². The quantitative estimate of drug-likeness (QED) is 0.779. The first-order valence-corrected chi connectivity index (χ1v) is 8.86. The predicted octanol–water partition coefficient (Wildman–Crippen LogP) is 4.12. The number of quaternary nitrogens is 1. The lowest BCUT2D eigenvalue weighted by molar-refractivity contribution is -0.682. The van der Waals surface area contributed by atoms with Crippen molar-refractivity contribution in [3.63, 3.8) is 0 Å². The Bertz CT molecular complexity index is 670. The summed E-state index contributed by atoms with van der Waals surface area (Å²) in [5, 5.41) is 5.81. The van der Waals surface area contributed by atoms with Gasteiger partial charge in [0.1, 0.15) is 6.04 Å². The lowest BCUT2D eigenvalue weighted by atomic mass is 9.97. The van der Waals surface area contributed by atoms with Gasteiger partial charge in [0.25, 0.3) is 5.91 Å². The summed E-state index contributed by atoms with van der Waals surface area (Å²) in [7, 11) is 0. The number of anilines is 1. The second-order valence-corrected chi connectivity index (χ2v) is 6.66. The molecule has 4 heteroatoms. The molecule has 24 heavy (non-hydrogen) atoms. The zero-order valence-electron chi connectivity index (χ0n) is 14.6. The molecule has 0 saturated heterocycles. The van der Waals surface area contributed by atoms with Gasteiger partial charge in [0.2, 0.25) is 0 Å². The molecule has 0 spiro atoms. The van der Waals surface area contributed by atoms with Gasteiger partial charge in [-0.25, -0.2) is 0 Å². The van der Waals surface area contributed by atoms with E-state index in [0.717, 1.165) is 22.7 Å². The minimum absolute atomic E-state index is 0.0200. The smallest absolute Gasteiger partial charge is 0.279 e. The molecule has 0 bridgehead atoms. The fraction of sp³-hybridized carbons (Fsp3) is 0.350. The highest BCUT2D eigenvalue weighted by Crippen LogP contribution is 2.26. The first kappa shape index (κ1) is 18.5. The molecule has 0 aliphatic heterocycles. The van der Waals surface area contributed by atoms with Gasteiger partial charge in [0.05, 0.1) is 0 Å². The van der Waals surface area contributed by atoms with E-state index in [-0.39, 0.29) is 11.9 Å². The predicted molar refractivity (Wildman–Crippen MR) is 100 cm³/mol. The monoisotopic (exact) mass is 345 g/mol. The molecule has 0 heterocycles. The highest BCUT2D eigenvalue weighted by molar-refractivity contribution is 6.30. The molecule has 0 aliphatic rings. The van der Waals surface area contributed by atoms with Crippen molar-refractivity contribution >= 4 is 23.2 Å². The van der Waals surface area contributed by atoms with E-state index in [1.54, 1.807) is 0 Å². The van der Waals surface area contributed by atoms with Crippen molar-refractivity contribution in [1.82, 2.24) is 0 Å². The molecule has 3 nitrogen and oxygen atoms in total. The maximum Gasteiger partial charge on any atom is 0.279 e. The van der Waals surface area contributed by atoms with E-state index >= 15 is 0 Å². The molecular formula is C20H26ClN2O+. The van der Waals surface area contributed by atoms with Crippen LogP contribution in [0.1, 0.15) is 50.3 Å². The van der Waals surface area contributed by atoms with Gasteiger partial charge in [-0.1, -0.05) is 55.8 Å². The summed E-state index contributed by atoms with van der Waals surface area (Å²) < 4.78 is 0. The van der Waals surface area contributed by atoms with Crippen molar-refractivity contribution in [3.05, 3.63) is 64.7 Å². The number of hydrogen-bond acceptors (Lipinski definition) is 1. The zero-order chi connectivity index (χ0) is 17.5. The SMILES string of the molecule is CC[C@H](C)c1ccccc1NC(=O)C[NH2+][C@@H](C)c1ccc(Cl)cc1. The third kappa shape index (κ3) is 5.08. The molecule has 0 aromatic heterocycles. The summed E-state index contributed by atoms with van der Waals surface area (Å²) in [6.45, 7) is 6.81. The van der Waals surface area contributed by atoms with Crippen LogP contribution in [0.15, 0.2) is 48.5 Å². The van der Waals surface area contributed by atoms with E-state index in [0.29, 0.717) is 12.5 Å². The van der Waals surface area contributed by atoms with Crippen LogP contribution in [0.5, 0.6) is 0 Å². The first-order chi connectivity index (χ1) is 11.5. The molecule has 0 aliphatic carbocycles. The van der Waals surface area contributed by atoms with Crippen LogP contribution in [0.3, 0.4) is 0 Å². The lowest BCUT2D eigenvalue weighted by Crippen LogP contribution is -2.86. The fourth-order valence-electron chi connectivity index (χ4n) is 2.65. The average Bonchev–Trinajstić information content (AvgIpc) is 2.60. The van der Waals surface area contributed by atoms with E-state index in [4.69, 9.17) is 11.6 Å². The molecule has 0 saturated carbocycles. The van der Waals surface area contributed by atoms with E-state index in [9.17, 15) is 4.79 Å². The van der Waals surface area contributed by atoms with Gasteiger partial charge < -0.3 is 10.6 Å². The number of halogens is 1. The van der Waals surface area contributed by atoms with Gasteiger partial charge in [-0.05, 0) is 43.0 Å². The van der Waals surface area contributed by atoms with Gasteiger partial charge in [-0.2, -0.15) is 0 Å². The Hall–Kier alpha value is -1.84. The second-order valence-electron chi connectivity index (χ2n) is 6.22. The number of para-hydroxylation sites is 1. The topological polar surface area (TPSA) is 45.7 Å². The number of carbonyl (C=O) groups is 1. The Balaban J connectivity index is 1.93. The van der Waals surface area contributed by atoms with Crippen molar-refractivity contribution in [3.8, 4) is 0 Å². The minimum Gasteiger partial charge on any atom is -0.333 e. The van der Waals surface area contributed by atoms with Crippen LogP contribution in [-0.2, 0) is 4.79 Å². The number of amides is 1. The first-order valence-electron chi connectivity index (χ1n) is 8.48. The van der Waals surface area contributed by atoms with Crippen LogP contribution in [-0.4, -0.2) is 12.5 Å². The molecule has 2 atom stereocenters. The molecule has 0 radical (unpaired) electrons. The van der Waals surface area contributed by atoms with Crippen LogP contribution < -0.4 is 10.6 Å². The van der Waals surface area contributed by atoms with E-state index in [1.807, 2.05) is 47.8 Å². The number of rotatable bonds is 7. The lowest BCUT2D eigenvalue weighted by Gasteiger charge is -2.16. The van der Waals surface area contributed by atoms with Crippen molar-refractivity contribution in [2.75, 3.05) is 11.9 Å². The summed E-state index contributed by atoms with van der Waals surface area (Å²) in [6, 6.07) is 16.0. The third-order valence-corrected chi connectivity index (χ3v) is 4.68. The maximum atomic E-state index is 12.3. The van der Waals surface area contributed by atoms with E-state index in [1.165, 1.54) is 5.56 Å². The van der Waals surface area contributed by atoms with Gasteiger partial charge >= 0.3 is 0 Å². The summed E-state index contributed by atoms with van der Waals surface area (Å²) >= 11 is 5.91. The number of carbonyl (C=O) groups excluding carboxylic acids is 1. The van der Waals surface area contributed by atoms with E-state index < -0.39 is 0 Å². The zero-order valence-corrected chi connectivity index (χ0v) is 15.3. The van der Waals surface area contributed by atoms with Crippen LogP contribution in [0, 0.1) is 0 Å². The number of benzene rings is 2. The van der Waals surface area contributed by atoms with Gasteiger partial charge in [-0.3, -0.25) is 4.79 Å². The standard InChI is InChI=1S/C20H25ClN2O/c1-4-14(2)18-7-5-6-8-19(18)23-20(24)13-22-15(3)16-9-11-17(21)12-10-16/h5-12,14-15,22H,4,13H2,1-3H3,(H,23,24)/p+1/t14-,15-/m0/s1. The van der Waals surface area contributed by atoms with Crippen LogP contribution in [0.25, 0.3) is 0 Å². The highest BCUT2D eigenvalue weighted by atomic mass is 35.5. The molecular weight excluding hydrogens is 320 g/mol. The number of nitrogens with two attached hydrogens (primary N) is 1. The van der Waals surface area contributed by atoms with Gasteiger partial charge in [0.15, 0.2) is 6.54 Å². The molecule has 0 unspecified atom stereocenters. The van der Waals surface area contributed by atoms with Gasteiger partial charge in [0, 0.05) is 16.3 Å². The highest BCUT2D eigenvalue weighted by Gasteiger charge is 2.14. The molecule has 2 rings (SSSR count). The molecule has 2 aromatic carbocycles. The Kier molecular flexibility index (Phi) is 6.83. The summed E-state index contributed by atoms with van der Waals surface area (Å²) in [4.78, 5) is 12.3. The summed E-state index contributed by atoms with van der Waals surface area (Å²) in [5.74, 6) is 0.449. The molecule has 128 valence electrons. The van der Waals surface area contributed by atoms with Gasteiger partial charge in [-0.15, -0.1) is 0 Å². The number of nitrogens with one attached hydrogen (secondary N) is 1. The van der Waals surface area contributed by atoms with Crippen molar-refractivity contribution in [2.24, 2.45) is 0 Å². The van der Waals surface area contributed by atoms with Crippen LogP contribution in [0.4, 0.5) is 5.69 Å². The number of hydrogen-bond donors (Lipinski definition) is 2. The molecule has 3 N–H and O–H groups in total. The van der Waals surface area contributed by atoms with Crippen molar-refractivity contribution in [2.45, 2.75) is 39.2 Å². The minimum atomic E-state index is 0.0200. The maximum absolute atomic E-state index is 12.3. The Labute approximate surface area is 149 Å². The second kappa shape index (κ2) is 8.86. The third-order valence-electron chi connectivity index (χ3n) is 4.43. The molecule has 0 fully saturated rings. The van der Waals surface area contributed by atoms with Crippen LogP contribution in [0.2, 0.25) is 5.02 Å².